The minimum atomic E-state index is -1.29. The summed E-state index contributed by atoms with van der Waals surface area (Å²) in [4.78, 5) is 95.2. The fraction of sp³-hybridized carbons (Fsp3) is 0.522. The van der Waals surface area contributed by atoms with Gasteiger partial charge in [-0.1, -0.05) is 50.6 Å². The summed E-state index contributed by atoms with van der Waals surface area (Å²) in [5.74, 6) is -4.13. The standard InChI is InChI=1S/C46H69N15O9S/c1-6-27(4)37(28(5)62)57-43(68)32(15-16-34(48)63)56-42(67)31(14-10-18-51-45(49)50)55-41(66)30(47)24-71-33-22-35(64)60(44(33)69)20-17-36(65)70-21-11-19-52-46-58-39(53-23-29-12-8-7-9-13-29)38-40(59-46)61(25-54-38)26(2)3/h7-9,12-13,22,25-27,30-32,37,64,69H,6,10-11,14-21,23-24,47H2,1-5H3,(H2,48,63)(H,55,66)(H,56,67)(H,57,68)(H4,49,50,51)(H2,52,53,58,59)/t27?,30-,31-,32-,37-/m0/s1. The zero-order chi connectivity index (χ0) is 52.2. The number of ketones is 1. The fourth-order valence-corrected chi connectivity index (χ4v) is 8.05. The second-order valence-corrected chi connectivity index (χ2v) is 18.3. The summed E-state index contributed by atoms with van der Waals surface area (Å²) in [5, 5.41) is 36.0. The lowest BCUT2D eigenvalue weighted by molar-refractivity contribution is -0.144. The Hall–Kier alpha value is -7.15. The predicted octanol–water partition coefficient (Wildman–Crippen LogP) is 1.50. The topological polar surface area (TPSA) is 377 Å². The third kappa shape index (κ3) is 17.6. The average Bonchev–Trinajstić information content (AvgIpc) is 3.89. The number of ether oxygens (including phenoxy) is 1. The molecule has 1 unspecified atom stereocenters. The van der Waals surface area contributed by atoms with Gasteiger partial charge < -0.3 is 69.0 Å². The number of hydrogen-bond donors (Lipinski definition) is 11. The van der Waals surface area contributed by atoms with Crippen molar-refractivity contribution in [3.05, 3.63) is 48.3 Å². The maximum atomic E-state index is 13.7. The monoisotopic (exact) mass is 1010 g/mol. The Bertz CT molecular complexity index is 2460. The number of esters is 1. The molecule has 0 fully saturated rings. The Labute approximate surface area is 416 Å². The van der Waals surface area contributed by atoms with E-state index in [0.717, 1.165) is 21.9 Å². The highest BCUT2D eigenvalue weighted by Gasteiger charge is 2.31. The van der Waals surface area contributed by atoms with E-state index in [1.807, 2.05) is 55.7 Å². The van der Waals surface area contributed by atoms with Crippen molar-refractivity contribution in [3.8, 4) is 11.8 Å². The number of guanidine groups is 1. The normalized spacial score (nSPS) is 13.3. The van der Waals surface area contributed by atoms with Gasteiger partial charge in [0, 0.05) is 50.5 Å². The first kappa shape index (κ1) is 56.4. The Morgan fingerprint density at radius 3 is 2.24 bits per heavy atom. The van der Waals surface area contributed by atoms with E-state index in [0.29, 0.717) is 48.9 Å². The van der Waals surface area contributed by atoms with Crippen molar-refractivity contribution in [3.63, 3.8) is 0 Å². The van der Waals surface area contributed by atoms with Gasteiger partial charge in [0.1, 0.15) is 12.1 Å². The van der Waals surface area contributed by atoms with Gasteiger partial charge in [0.05, 0.1) is 36.3 Å². The molecular weight excluding hydrogens is 939 g/mol. The Balaban J connectivity index is 1.29. The van der Waals surface area contributed by atoms with Crippen LogP contribution in [0.15, 0.2) is 52.6 Å². The predicted molar refractivity (Wildman–Crippen MR) is 269 cm³/mol. The van der Waals surface area contributed by atoms with Gasteiger partial charge >= 0.3 is 5.97 Å². The molecule has 0 aliphatic heterocycles. The molecule has 3 heterocycles. The molecule has 15 N–H and O–H groups in total. The minimum Gasteiger partial charge on any atom is -0.494 e. The number of fused-ring (bicyclic) bond motifs is 1. The molecule has 4 amide bonds. The van der Waals surface area contributed by atoms with Gasteiger partial charge in [-0.25, -0.2) is 4.98 Å². The van der Waals surface area contributed by atoms with Crippen LogP contribution in [0, 0.1) is 5.92 Å². The number of imidazole rings is 1. The van der Waals surface area contributed by atoms with Gasteiger partial charge in [-0.15, -0.1) is 11.8 Å². The molecule has 0 aliphatic carbocycles. The van der Waals surface area contributed by atoms with Crippen molar-refractivity contribution in [1.29, 1.82) is 0 Å². The maximum absolute atomic E-state index is 13.7. The molecule has 0 bridgehead atoms. The van der Waals surface area contributed by atoms with Crippen LogP contribution in [0.2, 0.25) is 0 Å². The number of aromatic nitrogens is 5. The quantitative estimate of drug-likeness (QED) is 0.0112. The van der Waals surface area contributed by atoms with Crippen LogP contribution in [-0.4, -0.2) is 125 Å². The van der Waals surface area contributed by atoms with Crippen molar-refractivity contribution in [2.24, 2.45) is 33.8 Å². The Morgan fingerprint density at radius 2 is 1.58 bits per heavy atom. The molecule has 388 valence electrons. The second kappa shape index (κ2) is 27.9. The summed E-state index contributed by atoms with van der Waals surface area (Å²) in [5.41, 5.74) is 24.9. The summed E-state index contributed by atoms with van der Waals surface area (Å²) in [7, 11) is 0. The molecule has 1 aromatic carbocycles. The zero-order valence-corrected chi connectivity index (χ0v) is 41.7. The number of carbonyl (C=O) groups is 6. The molecule has 0 saturated heterocycles. The van der Waals surface area contributed by atoms with E-state index >= 15 is 0 Å². The Morgan fingerprint density at radius 1 is 0.887 bits per heavy atom. The van der Waals surface area contributed by atoms with Crippen molar-refractivity contribution in [2.45, 2.75) is 128 Å². The molecule has 0 radical (unpaired) electrons. The largest absolute Gasteiger partial charge is 0.494 e. The van der Waals surface area contributed by atoms with Gasteiger partial charge in [-0.05, 0) is 57.9 Å². The zero-order valence-electron chi connectivity index (χ0n) is 40.9. The summed E-state index contributed by atoms with van der Waals surface area (Å²) in [6.07, 6.45) is 2.33. The van der Waals surface area contributed by atoms with Crippen molar-refractivity contribution in [1.82, 2.24) is 40.0 Å². The first-order chi connectivity index (χ1) is 33.8. The van der Waals surface area contributed by atoms with E-state index < -0.39 is 53.8 Å². The molecule has 4 rings (SSSR count). The number of nitrogens with zero attached hydrogens (tertiary/aromatic N) is 6. The van der Waals surface area contributed by atoms with Gasteiger partial charge in [0.2, 0.25) is 35.5 Å². The molecule has 71 heavy (non-hydrogen) atoms. The SMILES string of the molecule is CCC(C)[C@H](NC(=O)[C@H](CCC(N)=O)NC(=O)[C@H](CCCN=C(N)N)NC(=O)[C@@H](N)CSc1cc(O)n(CCC(=O)OCCCNc2nc(NCc3ccccc3)c3ncn(C(C)C)c3n2)c1O)C(C)=O. The van der Waals surface area contributed by atoms with E-state index in [-0.39, 0.29) is 97.9 Å². The summed E-state index contributed by atoms with van der Waals surface area (Å²) >= 11 is 0.943. The van der Waals surface area contributed by atoms with Gasteiger partial charge in [-0.3, -0.25) is 38.3 Å². The fourth-order valence-electron chi connectivity index (χ4n) is 7.11. The summed E-state index contributed by atoms with van der Waals surface area (Å²) in [6, 6.07) is 6.63. The molecule has 5 atom stereocenters. The van der Waals surface area contributed by atoms with E-state index in [2.05, 4.69) is 46.5 Å². The second-order valence-electron chi connectivity index (χ2n) is 17.2. The van der Waals surface area contributed by atoms with E-state index in [1.54, 1.807) is 13.3 Å². The number of thioether (sulfide) groups is 1. The highest BCUT2D eigenvalue weighted by molar-refractivity contribution is 7.99. The number of amides is 4. The van der Waals surface area contributed by atoms with E-state index in [1.165, 1.54) is 13.0 Å². The summed E-state index contributed by atoms with van der Waals surface area (Å²) < 4.78 is 8.48. The van der Waals surface area contributed by atoms with Crippen molar-refractivity contribution < 1.29 is 43.7 Å². The van der Waals surface area contributed by atoms with Gasteiger partial charge in [0.15, 0.2) is 34.6 Å². The number of anilines is 2. The van der Waals surface area contributed by atoms with Crippen molar-refractivity contribution in [2.75, 3.05) is 36.1 Å². The first-order valence-electron chi connectivity index (χ1n) is 23.5. The third-order valence-corrected chi connectivity index (χ3v) is 12.4. The number of Topliss-reactive ketones (excluding diaryl/α,β-unsaturated/α-hetero) is 1. The molecule has 0 saturated carbocycles. The lowest BCUT2D eigenvalue weighted by atomic mass is 9.95. The number of aliphatic imine (C=N–C) groups is 1. The first-order valence-corrected chi connectivity index (χ1v) is 24.4. The smallest absolute Gasteiger partial charge is 0.307 e. The number of carbonyl (C=O) groups excluding carboxylic acids is 6. The lowest BCUT2D eigenvalue weighted by Crippen LogP contribution is -2.57. The highest BCUT2D eigenvalue weighted by atomic mass is 32.2. The minimum absolute atomic E-state index is 0.00452. The van der Waals surface area contributed by atoms with Crippen LogP contribution < -0.4 is 49.5 Å². The Kier molecular flexibility index (Phi) is 22.2. The van der Waals surface area contributed by atoms with Crippen LogP contribution in [0.25, 0.3) is 11.2 Å². The van der Waals surface area contributed by atoms with Crippen LogP contribution in [0.1, 0.15) is 91.2 Å². The number of nitrogens with one attached hydrogen (secondary N) is 5. The van der Waals surface area contributed by atoms with E-state index in [9.17, 15) is 39.0 Å². The summed E-state index contributed by atoms with van der Waals surface area (Å²) in [6.45, 7) is 10.0. The van der Waals surface area contributed by atoms with Gasteiger partial charge in [0.25, 0.3) is 0 Å². The highest BCUT2D eigenvalue weighted by Crippen LogP contribution is 2.36. The number of nitrogens with two attached hydrogens (primary N) is 4. The number of benzene rings is 1. The van der Waals surface area contributed by atoms with E-state index in [4.69, 9.17) is 27.7 Å². The number of hydrogen-bond acceptors (Lipinski definition) is 17. The van der Waals surface area contributed by atoms with Gasteiger partial charge in [-0.2, -0.15) is 9.97 Å². The molecular formula is C46H69N15O9S. The number of aromatic hydroxyl groups is 2. The van der Waals surface area contributed by atoms with Crippen LogP contribution >= 0.6 is 11.8 Å². The number of rotatable bonds is 31. The molecule has 0 aliphatic rings. The molecule has 25 heteroatoms. The van der Waals surface area contributed by atoms with Crippen LogP contribution in [0.3, 0.4) is 0 Å². The molecule has 4 aromatic rings. The molecule has 3 aromatic heterocycles. The molecule has 0 spiro atoms. The molecule has 24 nitrogen and oxygen atoms in total. The third-order valence-electron chi connectivity index (χ3n) is 11.3. The number of primary amides is 1. The maximum Gasteiger partial charge on any atom is 0.307 e. The van der Waals surface area contributed by atoms with Crippen LogP contribution in [-0.2, 0) is 46.6 Å². The lowest BCUT2D eigenvalue weighted by Gasteiger charge is -2.27. The van der Waals surface area contributed by atoms with Crippen LogP contribution in [0.4, 0.5) is 11.8 Å². The van der Waals surface area contributed by atoms with Crippen LogP contribution in [0.5, 0.6) is 11.8 Å². The van der Waals surface area contributed by atoms with Crippen molar-refractivity contribution >= 4 is 76.0 Å². The average molecular weight is 1010 g/mol.